The van der Waals surface area contributed by atoms with Crippen molar-refractivity contribution in [1.82, 2.24) is 9.62 Å². The Kier molecular flexibility index (Phi) is 8.11. The maximum atomic E-state index is 12.7. The van der Waals surface area contributed by atoms with Crippen molar-refractivity contribution in [2.24, 2.45) is 0 Å². The van der Waals surface area contributed by atoms with Crippen LogP contribution in [-0.2, 0) is 24.4 Å². The molecule has 0 radical (unpaired) electrons. The molecule has 2 N–H and O–H groups in total. The van der Waals surface area contributed by atoms with E-state index in [4.69, 9.17) is 9.47 Å². The maximum absolute atomic E-state index is 12.7. The number of methoxy groups -OCH3 is 1. The Morgan fingerprint density at radius 3 is 2.26 bits per heavy atom. The molecule has 0 spiro atoms. The van der Waals surface area contributed by atoms with Crippen LogP contribution in [0.1, 0.15) is 26.2 Å². The topological polar surface area (TPSA) is 131 Å². The molecule has 1 aliphatic rings. The van der Waals surface area contributed by atoms with Crippen LogP contribution in [0.15, 0.2) is 53.4 Å². The lowest BCUT2D eigenvalue weighted by Gasteiger charge is -2.22. The Bertz CT molecular complexity index is 1150. The molecule has 2 aromatic carbocycles. The van der Waals surface area contributed by atoms with Gasteiger partial charge >= 0.3 is 0 Å². The van der Waals surface area contributed by atoms with E-state index in [1.165, 1.54) is 31.4 Å². The third-order valence-corrected chi connectivity index (χ3v) is 6.48. The number of amides is 3. The zero-order valence-corrected chi connectivity index (χ0v) is 19.8. The molecule has 10 nitrogen and oxygen atoms in total. The van der Waals surface area contributed by atoms with E-state index in [1.54, 1.807) is 29.2 Å². The SMILES string of the molecule is COc1ccccc1OCC(=O)N(CCC(=O)Nc1ccc(S(=O)(=O)NC(C)=O)cc1)C1CC1. The second-order valence-electron chi connectivity index (χ2n) is 7.74. The molecule has 1 fully saturated rings. The van der Waals surface area contributed by atoms with E-state index in [1.807, 2.05) is 4.72 Å². The molecule has 0 unspecified atom stereocenters. The van der Waals surface area contributed by atoms with Crippen LogP contribution < -0.4 is 19.5 Å². The Morgan fingerprint density at radius 2 is 1.68 bits per heavy atom. The second-order valence-corrected chi connectivity index (χ2v) is 9.42. The van der Waals surface area contributed by atoms with Crippen LogP contribution in [0.5, 0.6) is 11.5 Å². The largest absolute Gasteiger partial charge is 0.493 e. The standard InChI is InChI=1S/C23H27N3O7S/c1-16(27)25-34(30,31)19-11-7-17(8-12-19)24-22(28)13-14-26(18-9-10-18)23(29)15-33-21-6-4-3-5-20(21)32-2/h3-8,11-12,18H,9-10,13-15H2,1-2H3,(H,24,28)(H,25,27). The number of hydrogen-bond acceptors (Lipinski definition) is 7. The van der Waals surface area contributed by atoms with Gasteiger partial charge in [0.25, 0.3) is 15.9 Å². The number of ether oxygens (including phenoxy) is 2. The van der Waals surface area contributed by atoms with Gasteiger partial charge in [0, 0.05) is 31.6 Å². The molecule has 1 aliphatic carbocycles. The molecule has 0 atom stereocenters. The fraction of sp³-hybridized carbons (Fsp3) is 0.348. The van der Waals surface area contributed by atoms with Gasteiger partial charge < -0.3 is 19.7 Å². The summed E-state index contributed by atoms with van der Waals surface area (Å²) in [4.78, 5) is 37.7. The highest BCUT2D eigenvalue weighted by Crippen LogP contribution is 2.29. The zero-order chi connectivity index (χ0) is 24.7. The molecule has 3 rings (SSSR count). The summed E-state index contributed by atoms with van der Waals surface area (Å²) < 4.78 is 36.7. The van der Waals surface area contributed by atoms with Crippen molar-refractivity contribution in [2.75, 3.05) is 25.6 Å². The average molecular weight is 490 g/mol. The molecule has 2 aromatic rings. The van der Waals surface area contributed by atoms with E-state index < -0.39 is 15.9 Å². The van der Waals surface area contributed by atoms with Gasteiger partial charge in [-0.2, -0.15) is 0 Å². The van der Waals surface area contributed by atoms with Gasteiger partial charge in [-0.3, -0.25) is 14.4 Å². The lowest BCUT2D eigenvalue weighted by Crippen LogP contribution is -2.38. The molecule has 0 bridgehead atoms. The Labute approximate surface area is 198 Å². The Morgan fingerprint density at radius 1 is 1.03 bits per heavy atom. The van der Waals surface area contributed by atoms with Crippen molar-refractivity contribution >= 4 is 33.4 Å². The Hall–Kier alpha value is -3.60. The molecule has 0 aromatic heterocycles. The summed E-state index contributed by atoms with van der Waals surface area (Å²) in [5, 5.41) is 2.68. The van der Waals surface area contributed by atoms with E-state index in [0.717, 1.165) is 19.8 Å². The normalized spacial score (nSPS) is 13.0. The van der Waals surface area contributed by atoms with Crippen LogP contribution in [-0.4, -0.2) is 57.3 Å². The number of sulfonamides is 1. The summed E-state index contributed by atoms with van der Waals surface area (Å²) in [6.07, 6.45) is 1.83. The van der Waals surface area contributed by atoms with E-state index >= 15 is 0 Å². The quantitative estimate of drug-likeness (QED) is 0.493. The monoisotopic (exact) mass is 489 g/mol. The third-order valence-electron chi connectivity index (χ3n) is 5.03. The van der Waals surface area contributed by atoms with Crippen molar-refractivity contribution < 1.29 is 32.3 Å². The number of rotatable bonds is 11. The molecule has 34 heavy (non-hydrogen) atoms. The number of para-hydroxylation sites is 2. The molecule has 0 aliphatic heterocycles. The predicted molar refractivity (Wildman–Crippen MR) is 124 cm³/mol. The van der Waals surface area contributed by atoms with E-state index in [2.05, 4.69) is 5.32 Å². The minimum atomic E-state index is -3.94. The predicted octanol–water partition coefficient (Wildman–Crippen LogP) is 1.92. The average Bonchev–Trinajstić information content (AvgIpc) is 3.62. The number of nitrogens with zero attached hydrogens (tertiary/aromatic N) is 1. The number of anilines is 1. The molecule has 0 saturated heterocycles. The van der Waals surface area contributed by atoms with Crippen molar-refractivity contribution in [3.05, 3.63) is 48.5 Å². The highest BCUT2D eigenvalue weighted by Gasteiger charge is 2.33. The first kappa shape index (κ1) is 25.0. The molecule has 1 saturated carbocycles. The highest BCUT2D eigenvalue weighted by atomic mass is 32.2. The van der Waals surface area contributed by atoms with E-state index in [9.17, 15) is 22.8 Å². The minimum absolute atomic E-state index is 0.0723. The number of nitrogens with one attached hydrogen (secondary N) is 2. The summed E-state index contributed by atoms with van der Waals surface area (Å²) in [6, 6.07) is 12.6. The van der Waals surface area contributed by atoms with Crippen LogP contribution in [0, 0.1) is 0 Å². The molecule has 3 amide bonds. The van der Waals surface area contributed by atoms with Crippen LogP contribution in [0.3, 0.4) is 0 Å². The molecular weight excluding hydrogens is 462 g/mol. The molecule has 182 valence electrons. The highest BCUT2D eigenvalue weighted by molar-refractivity contribution is 7.90. The summed E-state index contributed by atoms with van der Waals surface area (Å²) in [5.41, 5.74) is 0.399. The van der Waals surface area contributed by atoms with Gasteiger partial charge in [-0.15, -0.1) is 0 Å². The molecule has 11 heteroatoms. The minimum Gasteiger partial charge on any atom is -0.493 e. The summed E-state index contributed by atoms with van der Waals surface area (Å²) in [5.74, 6) is -0.227. The summed E-state index contributed by atoms with van der Waals surface area (Å²) in [7, 11) is -2.42. The van der Waals surface area contributed by atoms with Gasteiger partial charge in [0.05, 0.1) is 12.0 Å². The summed E-state index contributed by atoms with van der Waals surface area (Å²) in [6.45, 7) is 1.18. The fourth-order valence-corrected chi connectivity index (χ4v) is 4.26. The smallest absolute Gasteiger partial charge is 0.264 e. The third kappa shape index (κ3) is 6.95. The van der Waals surface area contributed by atoms with Gasteiger partial charge in [-0.25, -0.2) is 13.1 Å². The van der Waals surface area contributed by atoms with Crippen LogP contribution in [0.25, 0.3) is 0 Å². The van der Waals surface area contributed by atoms with Gasteiger partial charge in [-0.1, -0.05) is 12.1 Å². The fourth-order valence-electron chi connectivity index (χ4n) is 3.27. The second kappa shape index (κ2) is 11.0. The van der Waals surface area contributed by atoms with Crippen molar-refractivity contribution in [1.29, 1.82) is 0 Å². The van der Waals surface area contributed by atoms with Crippen LogP contribution >= 0.6 is 0 Å². The first-order valence-corrected chi connectivity index (χ1v) is 12.2. The van der Waals surface area contributed by atoms with Gasteiger partial charge in [0.15, 0.2) is 18.1 Å². The van der Waals surface area contributed by atoms with E-state index in [0.29, 0.717) is 17.2 Å². The van der Waals surface area contributed by atoms with Crippen molar-refractivity contribution in [3.63, 3.8) is 0 Å². The van der Waals surface area contributed by atoms with E-state index in [-0.39, 0.29) is 42.3 Å². The molecular formula is C23H27N3O7S. The first-order valence-electron chi connectivity index (χ1n) is 10.7. The van der Waals surface area contributed by atoms with Gasteiger partial charge in [-0.05, 0) is 49.2 Å². The number of carbonyl (C=O) groups excluding carboxylic acids is 3. The first-order chi connectivity index (χ1) is 16.2. The number of hydrogen-bond donors (Lipinski definition) is 2. The maximum Gasteiger partial charge on any atom is 0.264 e. The van der Waals surface area contributed by atoms with Crippen LogP contribution in [0.4, 0.5) is 5.69 Å². The van der Waals surface area contributed by atoms with Crippen molar-refractivity contribution in [2.45, 2.75) is 37.1 Å². The number of carbonyl (C=O) groups is 3. The summed E-state index contributed by atoms with van der Waals surface area (Å²) >= 11 is 0. The molecule has 0 heterocycles. The zero-order valence-electron chi connectivity index (χ0n) is 18.9. The van der Waals surface area contributed by atoms with Gasteiger partial charge in [0.1, 0.15) is 0 Å². The van der Waals surface area contributed by atoms with Gasteiger partial charge in [0.2, 0.25) is 11.8 Å². The van der Waals surface area contributed by atoms with Crippen LogP contribution in [0.2, 0.25) is 0 Å². The van der Waals surface area contributed by atoms with Crippen molar-refractivity contribution in [3.8, 4) is 11.5 Å². The number of benzene rings is 2. The lowest BCUT2D eigenvalue weighted by molar-refractivity contribution is -0.134. The Balaban J connectivity index is 1.52. The lowest BCUT2D eigenvalue weighted by atomic mass is 10.3.